The predicted octanol–water partition coefficient (Wildman–Crippen LogP) is 1.73. The Hall–Kier alpha value is -2.62. The number of nitrogens with zero attached hydrogens (tertiary/aromatic N) is 1. The normalized spacial score (nSPS) is 11.9. The minimum Gasteiger partial charge on any atom is -0.394 e. The van der Waals surface area contributed by atoms with Gasteiger partial charge in [-0.05, 0) is 37.1 Å². The summed E-state index contributed by atoms with van der Waals surface area (Å²) in [5, 5.41) is 20.5. The zero-order valence-corrected chi connectivity index (χ0v) is 14.2. The van der Waals surface area contributed by atoms with E-state index in [0.717, 1.165) is 17.7 Å². The van der Waals surface area contributed by atoms with E-state index in [-0.39, 0.29) is 18.0 Å². The lowest BCUT2D eigenvalue weighted by atomic mass is 10.1. The third-order valence-electron chi connectivity index (χ3n) is 3.45. The highest BCUT2D eigenvalue weighted by Crippen LogP contribution is 2.27. The second-order valence-corrected chi connectivity index (χ2v) is 5.67. The first-order chi connectivity index (χ1) is 12.3. The third kappa shape index (κ3) is 4.72. The lowest BCUT2D eigenvalue weighted by Gasteiger charge is -2.15. The molecule has 1 aromatic heterocycles. The van der Waals surface area contributed by atoms with Crippen LogP contribution in [0.15, 0.2) is 24.4 Å². The van der Waals surface area contributed by atoms with Crippen LogP contribution < -0.4 is 10.8 Å². The maximum absolute atomic E-state index is 14.3. The number of anilines is 2. The van der Waals surface area contributed by atoms with Crippen molar-refractivity contribution in [3.63, 3.8) is 0 Å². The van der Waals surface area contributed by atoms with Crippen LogP contribution in [0.25, 0.3) is 0 Å². The fraction of sp³-hybridized carbons (Fsp3) is 0.294. The molecule has 0 saturated carbocycles. The summed E-state index contributed by atoms with van der Waals surface area (Å²) in [4.78, 5) is 21.1. The van der Waals surface area contributed by atoms with E-state index in [0.29, 0.717) is 5.56 Å². The van der Waals surface area contributed by atoms with Gasteiger partial charge >= 0.3 is 0 Å². The van der Waals surface area contributed by atoms with Crippen LogP contribution in [0.4, 0.5) is 20.3 Å². The summed E-state index contributed by atoms with van der Waals surface area (Å²) >= 11 is 0. The molecule has 1 heterocycles. The van der Waals surface area contributed by atoms with E-state index < -0.39 is 35.9 Å². The number of halogens is 2. The topological polar surface area (TPSA) is 104 Å². The molecule has 4 N–H and O–H groups in total. The van der Waals surface area contributed by atoms with Crippen molar-refractivity contribution in [2.45, 2.75) is 20.0 Å². The highest BCUT2D eigenvalue weighted by Gasteiger charge is 2.20. The van der Waals surface area contributed by atoms with Crippen LogP contribution in [0.2, 0.25) is 0 Å². The first kappa shape index (κ1) is 19.7. The van der Waals surface area contributed by atoms with Gasteiger partial charge in [0.15, 0.2) is 11.6 Å². The highest BCUT2D eigenvalue weighted by atomic mass is 19.2. The standard InChI is InChI=1S/C17H19F2N3O4/c1-9-5-10(2)16(20-6-9)21-15-12(3-4-13(18)14(15)19)17(25)22-26-8-11(24)7-23/h3-6,11,23-24H,7-8H2,1-2H3,(H,20,21)(H,22,25). The number of aliphatic hydroxyl groups is 2. The van der Waals surface area contributed by atoms with Crippen LogP contribution in [0.1, 0.15) is 21.5 Å². The molecule has 2 aromatic rings. The number of carbonyl (C=O) groups excluding carboxylic acids is 1. The monoisotopic (exact) mass is 367 g/mol. The van der Waals surface area contributed by atoms with Crippen LogP contribution in [0.5, 0.6) is 0 Å². The second-order valence-electron chi connectivity index (χ2n) is 5.67. The Labute approximate surface area is 148 Å². The molecule has 7 nitrogen and oxygen atoms in total. The molecule has 140 valence electrons. The molecule has 0 spiro atoms. The molecule has 0 radical (unpaired) electrons. The molecule has 1 atom stereocenters. The Morgan fingerprint density at radius 1 is 1.35 bits per heavy atom. The summed E-state index contributed by atoms with van der Waals surface area (Å²) in [6.45, 7) is 2.65. The van der Waals surface area contributed by atoms with Crippen molar-refractivity contribution in [1.29, 1.82) is 0 Å². The van der Waals surface area contributed by atoms with Crippen molar-refractivity contribution in [2.24, 2.45) is 0 Å². The SMILES string of the molecule is Cc1cnc(Nc2c(C(=O)NOCC(O)CO)ccc(F)c2F)c(C)c1. The quantitative estimate of drug-likeness (QED) is 0.556. The molecule has 1 unspecified atom stereocenters. The lowest BCUT2D eigenvalue weighted by Crippen LogP contribution is -2.30. The maximum atomic E-state index is 14.3. The van der Waals surface area contributed by atoms with Crippen molar-refractivity contribution in [1.82, 2.24) is 10.5 Å². The van der Waals surface area contributed by atoms with E-state index >= 15 is 0 Å². The van der Waals surface area contributed by atoms with Crippen LogP contribution >= 0.6 is 0 Å². The van der Waals surface area contributed by atoms with Crippen LogP contribution in [-0.2, 0) is 4.84 Å². The van der Waals surface area contributed by atoms with Gasteiger partial charge in [-0.3, -0.25) is 9.63 Å². The molecule has 0 fully saturated rings. The number of aryl methyl sites for hydroxylation is 2. The van der Waals surface area contributed by atoms with Gasteiger partial charge in [0.05, 0.1) is 17.9 Å². The van der Waals surface area contributed by atoms with Crippen molar-refractivity contribution in [2.75, 3.05) is 18.5 Å². The largest absolute Gasteiger partial charge is 0.394 e. The fourth-order valence-electron chi connectivity index (χ4n) is 2.14. The molecule has 1 aromatic carbocycles. The van der Waals surface area contributed by atoms with Gasteiger partial charge in [-0.15, -0.1) is 0 Å². The Morgan fingerprint density at radius 2 is 2.08 bits per heavy atom. The molecular weight excluding hydrogens is 348 g/mol. The summed E-state index contributed by atoms with van der Waals surface area (Å²) < 4.78 is 27.9. The Bertz CT molecular complexity index is 802. The molecule has 0 aliphatic heterocycles. The molecule has 2 rings (SSSR count). The van der Waals surface area contributed by atoms with Gasteiger partial charge in [-0.25, -0.2) is 19.2 Å². The number of carbonyl (C=O) groups is 1. The molecule has 9 heteroatoms. The molecular formula is C17H19F2N3O4. The van der Waals surface area contributed by atoms with E-state index in [1.807, 2.05) is 12.4 Å². The zero-order valence-electron chi connectivity index (χ0n) is 14.2. The minimum atomic E-state index is -1.24. The molecule has 0 bridgehead atoms. The van der Waals surface area contributed by atoms with Gasteiger partial charge in [-0.1, -0.05) is 6.07 Å². The highest BCUT2D eigenvalue weighted by molar-refractivity contribution is 5.99. The summed E-state index contributed by atoms with van der Waals surface area (Å²) in [7, 11) is 0. The smallest absolute Gasteiger partial charge is 0.277 e. The predicted molar refractivity (Wildman–Crippen MR) is 89.9 cm³/mol. The summed E-state index contributed by atoms with van der Waals surface area (Å²) in [5.41, 5.74) is 2.96. The first-order valence-electron chi connectivity index (χ1n) is 7.72. The average molecular weight is 367 g/mol. The number of hydrogen-bond donors (Lipinski definition) is 4. The van der Waals surface area contributed by atoms with Gasteiger partial charge in [0.2, 0.25) is 0 Å². The third-order valence-corrected chi connectivity index (χ3v) is 3.45. The lowest BCUT2D eigenvalue weighted by molar-refractivity contribution is -0.0295. The number of nitrogens with one attached hydrogen (secondary N) is 2. The fourth-order valence-corrected chi connectivity index (χ4v) is 2.14. The van der Waals surface area contributed by atoms with Crippen molar-refractivity contribution in [3.8, 4) is 0 Å². The van der Waals surface area contributed by atoms with Crippen molar-refractivity contribution >= 4 is 17.4 Å². The zero-order chi connectivity index (χ0) is 19.3. The van der Waals surface area contributed by atoms with Crippen molar-refractivity contribution in [3.05, 3.63) is 52.7 Å². The van der Waals surface area contributed by atoms with Gasteiger partial charge in [0.25, 0.3) is 5.91 Å². The first-order valence-corrected chi connectivity index (χ1v) is 7.72. The van der Waals surface area contributed by atoms with E-state index in [9.17, 15) is 13.6 Å². The van der Waals surface area contributed by atoms with Crippen molar-refractivity contribution < 1.29 is 28.6 Å². The summed E-state index contributed by atoms with van der Waals surface area (Å²) in [6, 6.07) is 3.70. The maximum Gasteiger partial charge on any atom is 0.277 e. The van der Waals surface area contributed by atoms with Gasteiger partial charge in [0.1, 0.15) is 18.5 Å². The molecule has 0 saturated heterocycles. The van der Waals surface area contributed by atoms with E-state index in [1.54, 1.807) is 19.2 Å². The van der Waals surface area contributed by atoms with Gasteiger partial charge in [-0.2, -0.15) is 0 Å². The average Bonchev–Trinajstić information content (AvgIpc) is 2.60. The van der Waals surface area contributed by atoms with E-state index in [2.05, 4.69) is 10.3 Å². The number of benzene rings is 1. The number of aliphatic hydroxyl groups excluding tert-OH is 2. The molecule has 0 aliphatic rings. The molecule has 0 aliphatic carbocycles. The number of rotatable bonds is 7. The Balaban J connectivity index is 2.27. The summed E-state index contributed by atoms with van der Waals surface area (Å²) in [6.07, 6.45) is 0.364. The van der Waals surface area contributed by atoms with E-state index in [1.165, 1.54) is 0 Å². The van der Waals surface area contributed by atoms with Crippen LogP contribution in [0.3, 0.4) is 0 Å². The Morgan fingerprint density at radius 3 is 2.73 bits per heavy atom. The van der Waals surface area contributed by atoms with E-state index in [4.69, 9.17) is 15.1 Å². The summed E-state index contributed by atoms with van der Waals surface area (Å²) in [5.74, 6) is -2.97. The number of hydrogen-bond acceptors (Lipinski definition) is 6. The van der Waals surface area contributed by atoms with Crippen LogP contribution in [0, 0.1) is 25.5 Å². The number of hydroxylamine groups is 1. The number of amides is 1. The van der Waals surface area contributed by atoms with Gasteiger partial charge in [0, 0.05) is 6.20 Å². The van der Waals surface area contributed by atoms with Crippen LogP contribution in [-0.4, -0.2) is 40.4 Å². The number of aromatic nitrogens is 1. The second kappa shape index (κ2) is 8.65. The Kier molecular flexibility index (Phi) is 6.56. The number of pyridine rings is 1. The van der Waals surface area contributed by atoms with Gasteiger partial charge < -0.3 is 15.5 Å². The minimum absolute atomic E-state index is 0.218. The molecule has 1 amide bonds. The molecule has 26 heavy (non-hydrogen) atoms.